The lowest BCUT2D eigenvalue weighted by Crippen LogP contribution is -2.15. The SMILES string of the molecule is NC(=O)c1noc(-c2ccc(F)cc2F)c1-c1cnn(Cc2ccc(C(F)(F)F)cc2C(F)(F)F)c1. The van der Waals surface area contributed by atoms with Crippen LogP contribution in [0.3, 0.4) is 0 Å². The van der Waals surface area contributed by atoms with Crippen molar-refractivity contribution in [3.63, 3.8) is 0 Å². The Morgan fingerprint density at radius 1 is 1.00 bits per heavy atom. The fourth-order valence-corrected chi connectivity index (χ4v) is 3.49. The van der Waals surface area contributed by atoms with Gasteiger partial charge in [0.15, 0.2) is 11.5 Å². The van der Waals surface area contributed by atoms with Crippen LogP contribution in [-0.4, -0.2) is 20.8 Å². The predicted molar refractivity (Wildman–Crippen MR) is 107 cm³/mol. The smallest absolute Gasteiger partial charge is 0.364 e. The van der Waals surface area contributed by atoms with Crippen LogP contribution >= 0.6 is 0 Å². The molecule has 14 heteroatoms. The molecule has 0 aliphatic carbocycles. The van der Waals surface area contributed by atoms with Crippen molar-refractivity contribution in [1.82, 2.24) is 14.9 Å². The van der Waals surface area contributed by atoms with Gasteiger partial charge in [0.05, 0.1) is 35.0 Å². The lowest BCUT2D eigenvalue weighted by atomic mass is 10.0. The van der Waals surface area contributed by atoms with Crippen LogP contribution < -0.4 is 5.73 Å². The Morgan fingerprint density at radius 3 is 2.33 bits per heavy atom. The van der Waals surface area contributed by atoms with E-state index in [-0.39, 0.29) is 28.5 Å². The zero-order valence-corrected chi connectivity index (χ0v) is 17.6. The Hall–Kier alpha value is -4.23. The fraction of sp³-hybridized carbons (Fsp3) is 0.136. The van der Waals surface area contributed by atoms with E-state index in [2.05, 4.69) is 10.3 Å². The van der Waals surface area contributed by atoms with Crippen LogP contribution in [0.1, 0.15) is 27.2 Å². The van der Waals surface area contributed by atoms with Gasteiger partial charge >= 0.3 is 12.4 Å². The Bertz CT molecular complexity index is 1450. The third-order valence-corrected chi connectivity index (χ3v) is 5.10. The number of alkyl halides is 6. The average Bonchev–Trinajstić information content (AvgIpc) is 3.39. The van der Waals surface area contributed by atoms with Gasteiger partial charge in [-0.15, -0.1) is 0 Å². The number of halogens is 8. The highest BCUT2D eigenvalue weighted by Gasteiger charge is 2.38. The second kappa shape index (κ2) is 8.77. The molecule has 0 unspecified atom stereocenters. The van der Waals surface area contributed by atoms with E-state index in [1.54, 1.807) is 0 Å². The second-order valence-electron chi connectivity index (χ2n) is 7.52. The van der Waals surface area contributed by atoms with Crippen molar-refractivity contribution in [2.75, 3.05) is 0 Å². The van der Waals surface area contributed by atoms with Crippen molar-refractivity contribution in [2.45, 2.75) is 18.9 Å². The van der Waals surface area contributed by atoms with Gasteiger partial charge in [0.25, 0.3) is 5.91 Å². The van der Waals surface area contributed by atoms with Crippen molar-refractivity contribution in [3.05, 3.63) is 82.8 Å². The molecule has 0 aliphatic rings. The van der Waals surface area contributed by atoms with Gasteiger partial charge in [-0.05, 0) is 29.8 Å². The van der Waals surface area contributed by atoms with Crippen molar-refractivity contribution >= 4 is 5.91 Å². The summed E-state index contributed by atoms with van der Waals surface area (Å²) >= 11 is 0. The van der Waals surface area contributed by atoms with E-state index in [0.717, 1.165) is 29.2 Å². The molecule has 36 heavy (non-hydrogen) atoms. The molecule has 2 aromatic carbocycles. The molecular formula is C22H12F8N4O2. The minimum atomic E-state index is -5.09. The van der Waals surface area contributed by atoms with Gasteiger partial charge in [0, 0.05) is 17.8 Å². The van der Waals surface area contributed by atoms with Crippen molar-refractivity contribution in [2.24, 2.45) is 5.73 Å². The van der Waals surface area contributed by atoms with Crippen LogP contribution in [0.4, 0.5) is 35.1 Å². The number of carbonyl (C=O) groups is 1. The van der Waals surface area contributed by atoms with E-state index in [1.165, 1.54) is 0 Å². The van der Waals surface area contributed by atoms with Crippen molar-refractivity contribution in [3.8, 4) is 22.5 Å². The number of nitrogens with zero attached hydrogens (tertiary/aromatic N) is 3. The summed E-state index contributed by atoms with van der Waals surface area (Å²) in [5, 5.41) is 7.39. The highest BCUT2D eigenvalue weighted by molar-refractivity contribution is 6.01. The van der Waals surface area contributed by atoms with Crippen LogP contribution in [0.15, 0.2) is 53.3 Å². The highest BCUT2D eigenvalue weighted by Crippen LogP contribution is 2.39. The highest BCUT2D eigenvalue weighted by atomic mass is 19.4. The van der Waals surface area contributed by atoms with Crippen LogP contribution in [0.2, 0.25) is 0 Å². The van der Waals surface area contributed by atoms with E-state index in [9.17, 15) is 39.9 Å². The van der Waals surface area contributed by atoms with Crippen LogP contribution in [0.5, 0.6) is 0 Å². The molecule has 0 radical (unpaired) electrons. The Labute approximate surface area is 195 Å². The molecule has 0 saturated carbocycles. The molecule has 0 atom stereocenters. The molecule has 4 rings (SSSR count). The minimum Gasteiger partial charge on any atom is -0.364 e. The second-order valence-corrected chi connectivity index (χ2v) is 7.52. The number of carbonyl (C=O) groups excluding carboxylic acids is 1. The van der Waals surface area contributed by atoms with Crippen LogP contribution in [-0.2, 0) is 18.9 Å². The Morgan fingerprint density at radius 2 is 1.72 bits per heavy atom. The first-order chi connectivity index (χ1) is 16.8. The average molecular weight is 516 g/mol. The summed E-state index contributed by atoms with van der Waals surface area (Å²) in [6, 6.07) is 3.68. The maximum absolute atomic E-state index is 14.4. The molecule has 0 aliphatic heterocycles. The number of hydrogen-bond donors (Lipinski definition) is 1. The molecule has 1 amide bonds. The zero-order chi connectivity index (χ0) is 26.4. The molecule has 0 spiro atoms. The van der Waals surface area contributed by atoms with Crippen molar-refractivity contribution in [1.29, 1.82) is 0 Å². The zero-order valence-electron chi connectivity index (χ0n) is 17.6. The molecule has 6 nitrogen and oxygen atoms in total. The summed E-state index contributed by atoms with van der Waals surface area (Å²) in [5.41, 5.74) is 0.900. The van der Waals surface area contributed by atoms with Gasteiger partial charge in [-0.25, -0.2) is 8.78 Å². The fourth-order valence-electron chi connectivity index (χ4n) is 3.49. The van der Waals surface area contributed by atoms with Gasteiger partial charge in [-0.2, -0.15) is 31.4 Å². The monoisotopic (exact) mass is 516 g/mol. The minimum absolute atomic E-state index is 0.000348. The van der Waals surface area contributed by atoms with E-state index in [4.69, 9.17) is 10.3 Å². The summed E-state index contributed by atoms with van der Waals surface area (Å²) in [6.07, 6.45) is -7.85. The molecular weight excluding hydrogens is 504 g/mol. The molecule has 2 N–H and O–H groups in total. The van der Waals surface area contributed by atoms with Gasteiger partial charge < -0.3 is 10.3 Å². The van der Waals surface area contributed by atoms with Gasteiger partial charge in [-0.1, -0.05) is 11.2 Å². The maximum atomic E-state index is 14.4. The molecule has 188 valence electrons. The van der Waals surface area contributed by atoms with E-state index >= 15 is 0 Å². The normalized spacial score (nSPS) is 12.2. The van der Waals surface area contributed by atoms with Gasteiger partial charge in [-0.3, -0.25) is 9.48 Å². The largest absolute Gasteiger partial charge is 0.416 e. The first kappa shape index (κ1) is 24.9. The standard InChI is InChI=1S/C22H12F8N4O2/c23-13-3-4-14(16(24)6-13)19-17(18(20(31)35)33-36-19)11-7-32-34(9-11)8-10-1-2-12(21(25,26)27)5-15(10)22(28,29)30/h1-7,9H,8H2,(H2,31,35). The molecule has 0 saturated heterocycles. The molecule has 0 fully saturated rings. The molecule has 0 bridgehead atoms. The van der Waals surface area contributed by atoms with E-state index < -0.39 is 58.8 Å². The quantitative estimate of drug-likeness (QED) is 0.347. The third kappa shape index (κ3) is 4.78. The summed E-state index contributed by atoms with van der Waals surface area (Å²) in [7, 11) is 0. The lowest BCUT2D eigenvalue weighted by Gasteiger charge is -2.16. The van der Waals surface area contributed by atoms with E-state index in [0.29, 0.717) is 18.2 Å². The summed E-state index contributed by atoms with van der Waals surface area (Å²) in [6.45, 7) is -0.607. The van der Waals surface area contributed by atoms with E-state index in [1.807, 2.05) is 0 Å². The first-order valence-corrected chi connectivity index (χ1v) is 9.80. The number of hydrogen-bond acceptors (Lipinski definition) is 4. The summed E-state index contributed by atoms with van der Waals surface area (Å²) in [5.74, 6) is -3.36. The molecule has 2 heterocycles. The molecule has 4 aromatic rings. The Kier molecular flexibility index (Phi) is 6.06. The third-order valence-electron chi connectivity index (χ3n) is 5.10. The number of amides is 1. The first-order valence-electron chi connectivity index (χ1n) is 9.80. The predicted octanol–water partition coefficient (Wildman–Crippen LogP) is 5.67. The number of primary amides is 1. The van der Waals surface area contributed by atoms with Gasteiger partial charge in [0.2, 0.25) is 0 Å². The maximum Gasteiger partial charge on any atom is 0.416 e. The number of aromatic nitrogens is 3. The lowest BCUT2D eigenvalue weighted by molar-refractivity contribution is -0.143. The molecule has 2 aromatic heterocycles. The number of benzene rings is 2. The van der Waals surface area contributed by atoms with Crippen LogP contribution in [0.25, 0.3) is 22.5 Å². The number of rotatable bonds is 5. The Balaban J connectivity index is 1.77. The topological polar surface area (TPSA) is 86.9 Å². The van der Waals surface area contributed by atoms with Crippen LogP contribution in [0, 0.1) is 11.6 Å². The summed E-state index contributed by atoms with van der Waals surface area (Å²) < 4.78 is 113. The van der Waals surface area contributed by atoms with Gasteiger partial charge in [0.1, 0.15) is 11.6 Å². The number of nitrogens with two attached hydrogens (primary N) is 1. The summed E-state index contributed by atoms with van der Waals surface area (Å²) in [4.78, 5) is 11.8. The van der Waals surface area contributed by atoms with Crippen molar-refractivity contribution < 1.29 is 44.4 Å².